The predicted octanol–water partition coefficient (Wildman–Crippen LogP) is 2.19. The van der Waals surface area contributed by atoms with E-state index < -0.39 is 0 Å². The van der Waals surface area contributed by atoms with Crippen LogP contribution in [-0.2, 0) is 4.74 Å². The number of nitrogens with one attached hydrogen (secondary N) is 1. The molecule has 2 atom stereocenters. The molecule has 1 saturated heterocycles. The summed E-state index contributed by atoms with van der Waals surface area (Å²) >= 11 is 0. The van der Waals surface area contributed by atoms with E-state index in [-0.39, 0.29) is 0 Å². The minimum atomic E-state index is 0.652. The van der Waals surface area contributed by atoms with E-state index >= 15 is 0 Å². The summed E-state index contributed by atoms with van der Waals surface area (Å²) in [5.41, 5.74) is 0. The summed E-state index contributed by atoms with van der Waals surface area (Å²) in [5.74, 6) is 1.72. The van der Waals surface area contributed by atoms with Crippen molar-refractivity contribution < 1.29 is 4.74 Å². The van der Waals surface area contributed by atoms with E-state index in [1.807, 2.05) is 0 Å². The van der Waals surface area contributed by atoms with Gasteiger partial charge < -0.3 is 10.1 Å². The highest BCUT2D eigenvalue weighted by Gasteiger charge is 2.30. The highest BCUT2D eigenvalue weighted by atomic mass is 16.5. The van der Waals surface area contributed by atoms with Crippen molar-refractivity contribution in [2.24, 2.45) is 11.8 Å². The molecule has 0 radical (unpaired) electrons. The molecule has 1 N–H and O–H groups in total. The van der Waals surface area contributed by atoms with Crippen molar-refractivity contribution in [2.45, 2.75) is 51.6 Å². The Morgan fingerprint density at radius 2 is 1.86 bits per heavy atom. The monoisotopic (exact) mass is 197 g/mol. The average molecular weight is 197 g/mol. The van der Waals surface area contributed by atoms with Gasteiger partial charge in [-0.25, -0.2) is 0 Å². The van der Waals surface area contributed by atoms with Crippen molar-refractivity contribution in [3.8, 4) is 0 Å². The molecule has 0 aromatic rings. The Kier molecular flexibility index (Phi) is 3.45. The van der Waals surface area contributed by atoms with Crippen molar-refractivity contribution in [3.05, 3.63) is 0 Å². The van der Waals surface area contributed by atoms with Gasteiger partial charge >= 0.3 is 0 Å². The molecule has 2 heteroatoms. The van der Waals surface area contributed by atoms with E-state index in [0.29, 0.717) is 6.04 Å². The van der Waals surface area contributed by atoms with E-state index in [0.717, 1.165) is 31.1 Å². The first kappa shape index (κ1) is 10.4. The highest BCUT2D eigenvalue weighted by molar-refractivity contribution is 4.87. The second-order valence-electron chi connectivity index (χ2n) is 5.20. The molecule has 0 amide bonds. The number of rotatable bonds is 3. The Morgan fingerprint density at radius 3 is 2.43 bits per heavy atom. The standard InChI is InChI=1S/C12H23NO/c1-9(2)11-5-3-4-6-12(11)13-10-7-14-8-10/h9-13H,3-8H2,1-2H3. The summed E-state index contributed by atoms with van der Waals surface area (Å²) in [6.07, 6.45) is 5.64. The first-order chi connectivity index (χ1) is 6.77. The van der Waals surface area contributed by atoms with E-state index in [4.69, 9.17) is 4.74 Å². The predicted molar refractivity (Wildman–Crippen MR) is 58.3 cm³/mol. The molecule has 0 aromatic heterocycles. The van der Waals surface area contributed by atoms with E-state index in [9.17, 15) is 0 Å². The molecule has 2 unspecified atom stereocenters. The average Bonchev–Trinajstić information content (AvgIpc) is 2.12. The van der Waals surface area contributed by atoms with Crippen LogP contribution in [-0.4, -0.2) is 25.3 Å². The summed E-state index contributed by atoms with van der Waals surface area (Å²) in [7, 11) is 0. The van der Waals surface area contributed by atoms with Gasteiger partial charge in [0.2, 0.25) is 0 Å². The van der Waals surface area contributed by atoms with Crippen LogP contribution in [0.5, 0.6) is 0 Å². The van der Waals surface area contributed by atoms with Gasteiger partial charge in [-0.05, 0) is 24.7 Å². The molecule has 1 heterocycles. The molecule has 2 fully saturated rings. The van der Waals surface area contributed by atoms with Crippen LogP contribution >= 0.6 is 0 Å². The summed E-state index contributed by atoms with van der Waals surface area (Å²) in [5, 5.41) is 3.76. The third kappa shape index (κ3) is 2.29. The van der Waals surface area contributed by atoms with E-state index in [2.05, 4.69) is 19.2 Å². The molecule has 82 valence electrons. The Morgan fingerprint density at radius 1 is 1.14 bits per heavy atom. The topological polar surface area (TPSA) is 21.3 Å². The molecule has 2 aliphatic rings. The lowest BCUT2D eigenvalue weighted by atomic mass is 9.77. The van der Waals surface area contributed by atoms with Gasteiger partial charge in [-0.1, -0.05) is 26.7 Å². The third-order valence-corrected chi connectivity index (χ3v) is 3.76. The van der Waals surface area contributed by atoms with Crippen LogP contribution in [0.1, 0.15) is 39.5 Å². The molecule has 14 heavy (non-hydrogen) atoms. The Balaban J connectivity index is 1.85. The lowest BCUT2D eigenvalue weighted by molar-refractivity contribution is -0.0177. The van der Waals surface area contributed by atoms with Gasteiger partial charge in [-0.15, -0.1) is 0 Å². The molecule has 2 rings (SSSR count). The lowest BCUT2D eigenvalue weighted by Crippen LogP contribution is -2.53. The number of hydrogen-bond acceptors (Lipinski definition) is 2. The van der Waals surface area contributed by atoms with Gasteiger partial charge in [-0.2, -0.15) is 0 Å². The zero-order chi connectivity index (χ0) is 9.97. The summed E-state index contributed by atoms with van der Waals surface area (Å²) in [4.78, 5) is 0. The molecule has 0 spiro atoms. The second-order valence-corrected chi connectivity index (χ2v) is 5.20. The Bertz CT molecular complexity index is 177. The zero-order valence-corrected chi connectivity index (χ0v) is 9.46. The molecule has 0 bridgehead atoms. The highest BCUT2D eigenvalue weighted by Crippen LogP contribution is 2.30. The van der Waals surface area contributed by atoms with Crippen LogP contribution in [0.3, 0.4) is 0 Å². The second kappa shape index (κ2) is 4.63. The van der Waals surface area contributed by atoms with Gasteiger partial charge in [0.25, 0.3) is 0 Å². The fourth-order valence-corrected chi connectivity index (χ4v) is 2.80. The minimum Gasteiger partial charge on any atom is -0.378 e. The first-order valence-corrected chi connectivity index (χ1v) is 6.11. The minimum absolute atomic E-state index is 0.652. The summed E-state index contributed by atoms with van der Waals surface area (Å²) < 4.78 is 5.21. The smallest absolute Gasteiger partial charge is 0.0643 e. The van der Waals surface area contributed by atoms with Crippen LogP contribution < -0.4 is 5.32 Å². The molecule has 0 aromatic carbocycles. The van der Waals surface area contributed by atoms with Crippen molar-refractivity contribution >= 4 is 0 Å². The fourth-order valence-electron chi connectivity index (χ4n) is 2.80. The Labute approximate surface area is 87.4 Å². The summed E-state index contributed by atoms with van der Waals surface area (Å²) in [6, 6.07) is 1.41. The molecular weight excluding hydrogens is 174 g/mol. The van der Waals surface area contributed by atoms with E-state index in [1.165, 1.54) is 25.7 Å². The SMILES string of the molecule is CC(C)C1CCCCC1NC1COC1. The van der Waals surface area contributed by atoms with Crippen LogP contribution in [0.15, 0.2) is 0 Å². The maximum atomic E-state index is 5.21. The van der Waals surface area contributed by atoms with Crippen molar-refractivity contribution in [1.82, 2.24) is 5.32 Å². The molecule has 1 aliphatic carbocycles. The lowest BCUT2D eigenvalue weighted by Gasteiger charge is -2.39. The maximum Gasteiger partial charge on any atom is 0.0643 e. The number of hydrogen-bond donors (Lipinski definition) is 1. The van der Waals surface area contributed by atoms with E-state index in [1.54, 1.807) is 0 Å². The maximum absolute atomic E-state index is 5.21. The largest absolute Gasteiger partial charge is 0.378 e. The van der Waals surface area contributed by atoms with Crippen LogP contribution in [0, 0.1) is 11.8 Å². The molecular formula is C12H23NO. The van der Waals surface area contributed by atoms with Crippen molar-refractivity contribution in [2.75, 3.05) is 13.2 Å². The zero-order valence-electron chi connectivity index (χ0n) is 9.46. The van der Waals surface area contributed by atoms with Gasteiger partial charge in [0.1, 0.15) is 0 Å². The third-order valence-electron chi connectivity index (χ3n) is 3.76. The van der Waals surface area contributed by atoms with Crippen molar-refractivity contribution in [3.63, 3.8) is 0 Å². The van der Waals surface area contributed by atoms with Gasteiger partial charge in [-0.3, -0.25) is 0 Å². The van der Waals surface area contributed by atoms with Gasteiger partial charge in [0, 0.05) is 6.04 Å². The fraction of sp³-hybridized carbons (Fsp3) is 1.00. The first-order valence-electron chi connectivity index (χ1n) is 6.11. The quantitative estimate of drug-likeness (QED) is 0.749. The molecule has 1 saturated carbocycles. The van der Waals surface area contributed by atoms with Crippen LogP contribution in [0.2, 0.25) is 0 Å². The summed E-state index contributed by atoms with van der Waals surface area (Å²) in [6.45, 7) is 6.59. The normalized spacial score (nSPS) is 34.5. The van der Waals surface area contributed by atoms with Crippen molar-refractivity contribution in [1.29, 1.82) is 0 Å². The molecule has 2 nitrogen and oxygen atoms in total. The molecule has 1 aliphatic heterocycles. The van der Waals surface area contributed by atoms with Crippen LogP contribution in [0.4, 0.5) is 0 Å². The van der Waals surface area contributed by atoms with Crippen LogP contribution in [0.25, 0.3) is 0 Å². The van der Waals surface area contributed by atoms with Gasteiger partial charge in [0.05, 0.1) is 19.3 Å². The van der Waals surface area contributed by atoms with Gasteiger partial charge in [0.15, 0.2) is 0 Å². The Hall–Kier alpha value is -0.0800. The number of ether oxygens (including phenoxy) is 1.